The van der Waals surface area contributed by atoms with E-state index < -0.39 is 15.6 Å². The second-order valence-corrected chi connectivity index (χ2v) is 6.87. The standard InChI is InChI=1S/C9H13OS.CHF3O3S/c1-10-8-4-6-9(7-5-8)11(2)3;2-1(3,4)8(5,6)7/h4-7H,1-3H3;(H,5,6,7)/q+1;/p-1. The van der Waals surface area contributed by atoms with Gasteiger partial charge in [-0.2, -0.15) is 13.2 Å². The third-order valence-corrected chi connectivity index (χ3v) is 3.60. The first-order valence-corrected chi connectivity index (χ1v) is 8.17. The van der Waals surface area contributed by atoms with Crippen LogP contribution in [0.3, 0.4) is 0 Å². The van der Waals surface area contributed by atoms with Crippen LogP contribution in [-0.4, -0.2) is 38.1 Å². The van der Waals surface area contributed by atoms with E-state index in [0.29, 0.717) is 10.9 Å². The van der Waals surface area contributed by atoms with Crippen molar-refractivity contribution in [3.8, 4) is 5.75 Å². The molecule has 9 heteroatoms. The molecular formula is C10H13F3O4S2. The molecular weight excluding hydrogens is 305 g/mol. The Labute approximate surface area is 112 Å². The molecule has 0 aliphatic carbocycles. The molecule has 0 aliphatic rings. The topological polar surface area (TPSA) is 66.4 Å². The molecule has 0 fully saturated rings. The molecule has 0 amide bonds. The fourth-order valence-electron chi connectivity index (χ4n) is 0.848. The van der Waals surface area contributed by atoms with Crippen molar-refractivity contribution in [3.63, 3.8) is 0 Å². The fourth-order valence-corrected chi connectivity index (χ4v) is 1.53. The van der Waals surface area contributed by atoms with E-state index in [1.807, 2.05) is 12.1 Å². The second kappa shape index (κ2) is 7.01. The van der Waals surface area contributed by atoms with Gasteiger partial charge in [-0.15, -0.1) is 0 Å². The van der Waals surface area contributed by atoms with Gasteiger partial charge in [0, 0.05) is 10.9 Å². The first-order chi connectivity index (χ1) is 8.49. The van der Waals surface area contributed by atoms with Crippen LogP contribution in [0, 0.1) is 0 Å². The summed E-state index contributed by atoms with van der Waals surface area (Å²) in [6.07, 6.45) is 4.42. The van der Waals surface area contributed by atoms with Crippen LogP contribution in [0.25, 0.3) is 0 Å². The van der Waals surface area contributed by atoms with E-state index in [1.54, 1.807) is 7.11 Å². The Bertz CT molecular complexity index is 480. The summed E-state index contributed by atoms with van der Waals surface area (Å²) < 4.78 is 64.0. The van der Waals surface area contributed by atoms with Gasteiger partial charge in [0.2, 0.25) is 0 Å². The third kappa shape index (κ3) is 6.69. The number of rotatable bonds is 2. The van der Waals surface area contributed by atoms with E-state index >= 15 is 0 Å². The van der Waals surface area contributed by atoms with Crippen LogP contribution in [0.2, 0.25) is 0 Å². The Morgan fingerprint density at radius 1 is 1.16 bits per heavy atom. The Kier molecular flexibility index (Phi) is 6.67. The Morgan fingerprint density at radius 2 is 1.53 bits per heavy atom. The van der Waals surface area contributed by atoms with Crippen LogP contribution in [0.15, 0.2) is 29.2 Å². The minimum absolute atomic E-state index is 0.355. The predicted molar refractivity (Wildman–Crippen MR) is 66.2 cm³/mol. The van der Waals surface area contributed by atoms with E-state index in [1.165, 1.54) is 4.90 Å². The number of hydrogen-bond acceptors (Lipinski definition) is 4. The largest absolute Gasteiger partial charge is 0.741 e. The van der Waals surface area contributed by atoms with E-state index in [4.69, 9.17) is 17.7 Å². The lowest BCUT2D eigenvalue weighted by molar-refractivity contribution is -0.0517. The van der Waals surface area contributed by atoms with Gasteiger partial charge in [0.05, 0.1) is 7.11 Å². The Balaban J connectivity index is 0.000000362. The van der Waals surface area contributed by atoms with Gasteiger partial charge in [-0.05, 0) is 24.3 Å². The first-order valence-electron chi connectivity index (χ1n) is 4.73. The van der Waals surface area contributed by atoms with E-state index in [0.717, 1.165) is 5.75 Å². The average Bonchev–Trinajstić information content (AvgIpc) is 2.27. The Morgan fingerprint density at radius 3 is 1.74 bits per heavy atom. The highest BCUT2D eigenvalue weighted by molar-refractivity contribution is 7.95. The predicted octanol–water partition coefficient (Wildman–Crippen LogP) is 1.98. The molecule has 0 spiro atoms. The van der Waals surface area contributed by atoms with Crippen LogP contribution >= 0.6 is 0 Å². The number of alkyl halides is 3. The lowest BCUT2D eigenvalue weighted by atomic mass is 10.3. The van der Waals surface area contributed by atoms with Crippen LogP contribution < -0.4 is 4.74 Å². The van der Waals surface area contributed by atoms with Crippen molar-refractivity contribution in [1.29, 1.82) is 0 Å². The van der Waals surface area contributed by atoms with Gasteiger partial charge in [0.1, 0.15) is 18.3 Å². The molecule has 0 aliphatic heterocycles. The van der Waals surface area contributed by atoms with Gasteiger partial charge in [0.25, 0.3) is 0 Å². The SMILES string of the molecule is COc1ccc([S+](C)C)cc1.O=S(=O)([O-])C(F)(F)F. The molecule has 1 aromatic rings. The van der Waals surface area contributed by atoms with Gasteiger partial charge in [-0.25, -0.2) is 8.42 Å². The summed E-state index contributed by atoms with van der Waals surface area (Å²) >= 11 is 0. The van der Waals surface area contributed by atoms with Crippen molar-refractivity contribution in [2.75, 3.05) is 19.6 Å². The molecule has 19 heavy (non-hydrogen) atoms. The third-order valence-electron chi connectivity index (χ3n) is 1.81. The molecule has 110 valence electrons. The quantitative estimate of drug-likeness (QED) is 0.475. The van der Waals surface area contributed by atoms with Crippen molar-refractivity contribution < 1.29 is 30.9 Å². The van der Waals surface area contributed by atoms with Crippen molar-refractivity contribution in [2.24, 2.45) is 0 Å². The zero-order valence-corrected chi connectivity index (χ0v) is 12.0. The number of halogens is 3. The van der Waals surface area contributed by atoms with Gasteiger partial charge in [-0.3, -0.25) is 0 Å². The minimum Gasteiger partial charge on any atom is -0.741 e. The van der Waals surface area contributed by atoms with Crippen LogP contribution in [0.1, 0.15) is 0 Å². The highest BCUT2D eigenvalue weighted by atomic mass is 32.2. The maximum absolute atomic E-state index is 10.7. The van der Waals surface area contributed by atoms with Gasteiger partial charge in [-0.1, -0.05) is 0 Å². The van der Waals surface area contributed by atoms with Crippen LogP contribution in [0.4, 0.5) is 13.2 Å². The summed E-state index contributed by atoms with van der Waals surface area (Å²) in [6, 6.07) is 8.23. The van der Waals surface area contributed by atoms with Crippen molar-refractivity contribution in [2.45, 2.75) is 10.4 Å². The molecule has 0 heterocycles. The van der Waals surface area contributed by atoms with Crippen LogP contribution in [0.5, 0.6) is 5.75 Å². The molecule has 0 aromatic heterocycles. The van der Waals surface area contributed by atoms with Gasteiger partial charge >= 0.3 is 5.51 Å². The summed E-state index contributed by atoms with van der Waals surface area (Å²) in [5.74, 6) is 0.930. The van der Waals surface area contributed by atoms with Crippen molar-refractivity contribution >= 4 is 21.0 Å². The molecule has 4 nitrogen and oxygen atoms in total. The smallest absolute Gasteiger partial charge is 0.485 e. The number of methoxy groups -OCH3 is 1. The molecule has 0 saturated heterocycles. The molecule has 0 bridgehead atoms. The van der Waals surface area contributed by atoms with E-state index in [9.17, 15) is 13.2 Å². The average molecular weight is 318 g/mol. The van der Waals surface area contributed by atoms with Gasteiger partial charge < -0.3 is 9.29 Å². The molecule has 0 N–H and O–H groups in total. The molecule has 1 aromatic carbocycles. The Hall–Kier alpha value is -0.930. The van der Waals surface area contributed by atoms with Gasteiger partial charge in [0.15, 0.2) is 15.0 Å². The number of ether oxygens (including phenoxy) is 1. The molecule has 0 unspecified atom stereocenters. The highest BCUT2D eigenvalue weighted by Gasteiger charge is 2.36. The lowest BCUT2D eigenvalue weighted by Crippen LogP contribution is -2.21. The second-order valence-electron chi connectivity index (χ2n) is 3.39. The summed E-state index contributed by atoms with van der Waals surface area (Å²) in [7, 11) is -4.05. The highest BCUT2D eigenvalue weighted by Crippen LogP contribution is 2.20. The van der Waals surface area contributed by atoms with E-state index in [-0.39, 0.29) is 0 Å². The first kappa shape index (κ1) is 18.1. The normalized spacial score (nSPS) is 11.8. The maximum Gasteiger partial charge on any atom is 0.485 e. The van der Waals surface area contributed by atoms with Crippen LogP contribution in [-0.2, 0) is 21.0 Å². The minimum atomic E-state index is -6.09. The van der Waals surface area contributed by atoms with Crippen molar-refractivity contribution in [3.05, 3.63) is 24.3 Å². The van der Waals surface area contributed by atoms with Crippen molar-refractivity contribution in [1.82, 2.24) is 0 Å². The number of benzene rings is 1. The summed E-state index contributed by atoms with van der Waals surface area (Å²) in [4.78, 5) is 1.38. The molecule has 0 saturated carbocycles. The molecule has 0 radical (unpaired) electrons. The fraction of sp³-hybridized carbons (Fsp3) is 0.400. The molecule has 1 rings (SSSR count). The van der Waals surface area contributed by atoms with E-state index in [2.05, 4.69) is 24.6 Å². The zero-order chi connectivity index (χ0) is 15.3. The lowest BCUT2D eigenvalue weighted by Gasteiger charge is -2.08. The molecule has 0 atom stereocenters. The monoisotopic (exact) mass is 318 g/mol. The zero-order valence-electron chi connectivity index (χ0n) is 10.4. The summed E-state index contributed by atoms with van der Waals surface area (Å²) in [6.45, 7) is 0. The summed E-state index contributed by atoms with van der Waals surface area (Å²) in [5, 5.41) is 0. The number of hydrogen-bond donors (Lipinski definition) is 0. The maximum atomic E-state index is 10.7. The summed E-state index contributed by atoms with van der Waals surface area (Å²) in [5.41, 5.74) is -5.65.